The third kappa shape index (κ3) is 3.02. The summed E-state index contributed by atoms with van der Waals surface area (Å²) in [5.41, 5.74) is 2.91. The molecule has 0 aliphatic carbocycles. The van der Waals surface area contributed by atoms with Gasteiger partial charge in [0.05, 0.1) is 5.69 Å². The first-order valence-electron chi connectivity index (χ1n) is 5.36. The second-order valence-electron chi connectivity index (χ2n) is 3.85. The lowest BCUT2D eigenvalue weighted by atomic mass is 10.2. The van der Waals surface area contributed by atoms with Gasteiger partial charge < -0.3 is 10.1 Å². The lowest BCUT2D eigenvalue weighted by Gasteiger charge is -2.11. The van der Waals surface area contributed by atoms with Crippen LogP contribution in [0, 0.1) is 13.8 Å². The fourth-order valence-corrected chi connectivity index (χ4v) is 2.71. The van der Waals surface area contributed by atoms with Crippen LogP contribution in [0.25, 0.3) is 0 Å². The summed E-state index contributed by atoms with van der Waals surface area (Å²) in [6.45, 7) is 3.95. The van der Waals surface area contributed by atoms with Gasteiger partial charge in [-0.2, -0.15) is 0 Å². The third-order valence-electron chi connectivity index (χ3n) is 2.45. The molecule has 18 heavy (non-hydrogen) atoms. The molecular formula is C13H12ClNOS2. The molecule has 0 saturated heterocycles. The van der Waals surface area contributed by atoms with E-state index in [1.54, 1.807) is 0 Å². The smallest absolute Gasteiger partial charge is 0.266 e. The molecule has 0 amide bonds. The van der Waals surface area contributed by atoms with E-state index < -0.39 is 0 Å². The van der Waals surface area contributed by atoms with Gasteiger partial charge in [-0.3, -0.25) is 0 Å². The lowest BCUT2D eigenvalue weighted by Crippen LogP contribution is -2.17. The molecule has 0 bridgehead atoms. The number of aryl methyl sites for hydroxylation is 2. The second-order valence-corrected chi connectivity index (χ2v) is 5.70. The Bertz CT molecular complexity index is 561. The highest BCUT2D eigenvalue weighted by molar-refractivity contribution is 7.80. The topological polar surface area (TPSA) is 21.3 Å². The van der Waals surface area contributed by atoms with E-state index in [-0.39, 0.29) is 0 Å². The zero-order valence-corrected chi connectivity index (χ0v) is 12.4. The number of benzene rings is 1. The number of thiophene rings is 1. The van der Waals surface area contributed by atoms with E-state index in [0.29, 0.717) is 9.51 Å². The van der Waals surface area contributed by atoms with Crippen LogP contribution in [0.5, 0.6) is 5.75 Å². The molecule has 0 atom stereocenters. The first kappa shape index (κ1) is 13.3. The molecule has 0 radical (unpaired) electrons. The molecular weight excluding hydrogens is 286 g/mol. The summed E-state index contributed by atoms with van der Waals surface area (Å²) in [6, 6.07) is 7.72. The molecule has 0 spiro atoms. The summed E-state index contributed by atoms with van der Waals surface area (Å²) in [5.74, 6) is 0.749. The van der Waals surface area contributed by atoms with E-state index in [2.05, 4.69) is 5.32 Å². The Balaban J connectivity index is 2.08. The fraction of sp³-hybridized carbons (Fsp3) is 0.154. The molecule has 1 aromatic heterocycles. The summed E-state index contributed by atoms with van der Waals surface area (Å²) in [4.78, 5) is 0. The van der Waals surface area contributed by atoms with Crippen molar-refractivity contribution in [2.24, 2.45) is 0 Å². The maximum atomic E-state index is 6.06. The highest BCUT2D eigenvalue weighted by Crippen LogP contribution is 2.32. The van der Waals surface area contributed by atoms with Crippen molar-refractivity contribution < 1.29 is 4.74 Å². The predicted molar refractivity (Wildman–Crippen MR) is 82.1 cm³/mol. The van der Waals surface area contributed by atoms with Crippen molar-refractivity contribution in [1.29, 1.82) is 0 Å². The number of ether oxygens (including phenoxy) is 1. The molecule has 0 unspecified atom stereocenters. The Morgan fingerprint density at radius 2 is 2.00 bits per heavy atom. The van der Waals surface area contributed by atoms with Crippen LogP contribution in [0.2, 0.25) is 4.34 Å². The Morgan fingerprint density at radius 3 is 2.61 bits per heavy atom. The van der Waals surface area contributed by atoms with Gasteiger partial charge >= 0.3 is 0 Å². The number of rotatable bonds is 2. The highest BCUT2D eigenvalue weighted by atomic mass is 35.5. The van der Waals surface area contributed by atoms with Gasteiger partial charge in [-0.05, 0) is 48.6 Å². The van der Waals surface area contributed by atoms with Crippen LogP contribution in [0.3, 0.4) is 0 Å². The third-order valence-corrected chi connectivity index (χ3v) is 3.98. The summed E-state index contributed by atoms with van der Waals surface area (Å²) in [7, 11) is 0. The van der Waals surface area contributed by atoms with Crippen LogP contribution < -0.4 is 10.1 Å². The normalized spacial score (nSPS) is 10.2. The standard InChI is InChI=1S/C13H12ClNOS2/c1-8-5-3-4-6-10(8)16-13(17)15-11-9(2)7-18-12(11)14/h3-7H,1-2H3,(H,15,17). The minimum absolute atomic E-state index is 0.299. The van der Waals surface area contributed by atoms with Crippen molar-refractivity contribution in [2.75, 3.05) is 5.32 Å². The summed E-state index contributed by atoms with van der Waals surface area (Å²) in [6.07, 6.45) is 0. The first-order chi connectivity index (χ1) is 8.58. The number of halogens is 1. The highest BCUT2D eigenvalue weighted by Gasteiger charge is 2.10. The van der Waals surface area contributed by atoms with Crippen molar-refractivity contribution in [3.05, 3.63) is 45.1 Å². The molecule has 5 heteroatoms. The predicted octanol–water partition coefficient (Wildman–Crippen LogP) is 4.79. The average Bonchev–Trinajstić information content (AvgIpc) is 2.64. The molecule has 2 aromatic rings. The van der Waals surface area contributed by atoms with E-state index in [9.17, 15) is 0 Å². The Labute approximate surface area is 121 Å². The summed E-state index contributed by atoms with van der Waals surface area (Å²) in [5, 5.41) is 5.29. The van der Waals surface area contributed by atoms with Crippen molar-refractivity contribution >= 4 is 46.0 Å². The zero-order chi connectivity index (χ0) is 13.1. The molecule has 94 valence electrons. The number of para-hydroxylation sites is 1. The van der Waals surface area contributed by atoms with E-state index in [4.69, 9.17) is 28.6 Å². The van der Waals surface area contributed by atoms with Crippen molar-refractivity contribution in [2.45, 2.75) is 13.8 Å². The molecule has 2 nitrogen and oxygen atoms in total. The Morgan fingerprint density at radius 1 is 1.28 bits per heavy atom. The van der Waals surface area contributed by atoms with Crippen LogP contribution in [0.15, 0.2) is 29.6 Å². The molecule has 2 rings (SSSR count). The Hall–Kier alpha value is -1.10. The van der Waals surface area contributed by atoms with E-state index in [1.165, 1.54) is 11.3 Å². The molecule has 1 N–H and O–H groups in total. The van der Waals surface area contributed by atoms with Gasteiger partial charge in [-0.25, -0.2) is 0 Å². The first-order valence-corrected chi connectivity index (χ1v) is 7.02. The van der Waals surface area contributed by atoms with Crippen LogP contribution >= 0.6 is 35.2 Å². The molecule has 1 aromatic carbocycles. The van der Waals surface area contributed by atoms with Gasteiger partial charge in [0.2, 0.25) is 0 Å². The summed E-state index contributed by atoms with van der Waals surface area (Å²) < 4.78 is 6.28. The minimum Gasteiger partial charge on any atom is -0.431 e. The molecule has 0 aliphatic rings. The molecule has 0 aliphatic heterocycles. The number of hydrogen-bond donors (Lipinski definition) is 1. The molecule has 1 heterocycles. The minimum atomic E-state index is 0.299. The maximum absolute atomic E-state index is 6.06. The number of anilines is 1. The van der Waals surface area contributed by atoms with Gasteiger partial charge in [0.15, 0.2) is 0 Å². The Kier molecular flexibility index (Phi) is 4.22. The van der Waals surface area contributed by atoms with Crippen LogP contribution in [-0.2, 0) is 0 Å². The van der Waals surface area contributed by atoms with Gasteiger partial charge in [0.1, 0.15) is 10.1 Å². The van der Waals surface area contributed by atoms with E-state index in [0.717, 1.165) is 22.6 Å². The van der Waals surface area contributed by atoms with Gasteiger partial charge in [-0.1, -0.05) is 29.8 Å². The quantitative estimate of drug-likeness (QED) is 0.805. The number of nitrogens with one attached hydrogen (secondary N) is 1. The van der Waals surface area contributed by atoms with Gasteiger partial charge in [0.25, 0.3) is 5.17 Å². The largest absolute Gasteiger partial charge is 0.431 e. The van der Waals surface area contributed by atoms with Crippen LogP contribution in [0.4, 0.5) is 5.69 Å². The fourth-order valence-electron chi connectivity index (χ4n) is 1.46. The average molecular weight is 298 g/mol. The summed E-state index contributed by atoms with van der Waals surface area (Å²) >= 11 is 12.7. The van der Waals surface area contributed by atoms with Gasteiger partial charge in [-0.15, -0.1) is 11.3 Å². The van der Waals surface area contributed by atoms with Crippen LogP contribution in [-0.4, -0.2) is 5.17 Å². The van der Waals surface area contributed by atoms with Crippen molar-refractivity contribution in [3.63, 3.8) is 0 Å². The number of thiocarbonyl (C=S) groups is 1. The molecule has 0 fully saturated rings. The number of hydrogen-bond acceptors (Lipinski definition) is 3. The van der Waals surface area contributed by atoms with Crippen molar-refractivity contribution in [3.8, 4) is 5.75 Å². The van der Waals surface area contributed by atoms with E-state index in [1.807, 2.05) is 43.5 Å². The zero-order valence-electron chi connectivity index (χ0n) is 9.99. The van der Waals surface area contributed by atoms with E-state index >= 15 is 0 Å². The SMILES string of the molecule is Cc1ccccc1OC(=S)Nc1c(C)csc1Cl. The van der Waals surface area contributed by atoms with Gasteiger partial charge in [0, 0.05) is 0 Å². The second kappa shape index (κ2) is 5.69. The van der Waals surface area contributed by atoms with Crippen LogP contribution in [0.1, 0.15) is 11.1 Å². The molecule has 0 saturated carbocycles. The maximum Gasteiger partial charge on any atom is 0.266 e. The lowest BCUT2D eigenvalue weighted by molar-refractivity contribution is 0.558. The van der Waals surface area contributed by atoms with Crippen molar-refractivity contribution in [1.82, 2.24) is 0 Å². The monoisotopic (exact) mass is 297 g/mol.